The fraction of sp³-hybridized carbons (Fsp3) is 0.458. The predicted octanol–water partition coefficient (Wildman–Crippen LogP) is 5.86. The Bertz CT molecular complexity index is 814. The molecule has 0 amide bonds. The molecule has 0 radical (unpaired) electrons. The lowest BCUT2D eigenvalue weighted by molar-refractivity contribution is -0.396. The van der Waals surface area contributed by atoms with Crippen LogP contribution in [0, 0.1) is 0 Å². The number of fused-ring (bicyclic) bond motifs is 2. The Morgan fingerprint density at radius 3 is 2.36 bits per heavy atom. The lowest BCUT2D eigenvalue weighted by atomic mass is 9.79. The molecule has 0 aliphatic heterocycles. The summed E-state index contributed by atoms with van der Waals surface area (Å²) in [6, 6.07) is 12.9. The quantitative estimate of drug-likeness (QED) is 0.242. The maximum absolute atomic E-state index is 13.1. The molecule has 1 aliphatic rings. The van der Waals surface area contributed by atoms with Gasteiger partial charge in [-0.1, -0.05) is 82.3 Å². The number of carbonyl (C=O) groups is 1. The third kappa shape index (κ3) is 3.90. The van der Waals surface area contributed by atoms with Gasteiger partial charge in [0.15, 0.2) is 5.78 Å². The van der Waals surface area contributed by atoms with Gasteiger partial charge in [-0.2, -0.15) is 4.89 Å². The highest BCUT2D eigenvalue weighted by Gasteiger charge is 2.46. The summed E-state index contributed by atoms with van der Waals surface area (Å²) in [6.45, 7) is 4.70. The zero-order valence-corrected chi connectivity index (χ0v) is 16.9. The first-order valence-electron chi connectivity index (χ1n) is 10.4. The summed E-state index contributed by atoms with van der Waals surface area (Å²) in [5, 5.41) is 9.98. The number of carbonyl (C=O) groups excluding carboxylic acids is 1. The van der Waals surface area contributed by atoms with Crippen molar-refractivity contribution < 1.29 is 19.7 Å². The number of hydrogen-bond donors (Lipinski definition) is 1. The Morgan fingerprint density at radius 1 is 0.893 bits per heavy atom. The lowest BCUT2D eigenvalue weighted by Gasteiger charge is -2.37. The fourth-order valence-electron chi connectivity index (χ4n) is 3.92. The summed E-state index contributed by atoms with van der Waals surface area (Å²) in [7, 11) is 0. The van der Waals surface area contributed by atoms with Crippen LogP contribution in [0.2, 0.25) is 0 Å². The highest BCUT2D eigenvalue weighted by Crippen LogP contribution is 2.43. The van der Waals surface area contributed by atoms with E-state index in [1.54, 1.807) is 12.1 Å². The molecular formula is C24H30O4. The van der Waals surface area contributed by atoms with E-state index in [0.717, 1.165) is 24.8 Å². The highest BCUT2D eigenvalue weighted by atomic mass is 17.1. The number of ketones is 1. The van der Waals surface area contributed by atoms with Gasteiger partial charge < -0.3 is 4.74 Å². The van der Waals surface area contributed by atoms with Gasteiger partial charge in [0, 0.05) is 22.3 Å². The van der Waals surface area contributed by atoms with Crippen LogP contribution in [0.3, 0.4) is 0 Å². The molecule has 4 heteroatoms. The Morgan fingerprint density at radius 2 is 1.61 bits per heavy atom. The second-order valence-electron chi connectivity index (χ2n) is 7.43. The molecule has 1 aliphatic carbocycles. The van der Waals surface area contributed by atoms with Crippen molar-refractivity contribution in [1.82, 2.24) is 0 Å². The summed E-state index contributed by atoms with van der Waals surface area (Å²) in [6.07, 6.45) is 7.67. The van der Waals surface area contributed by atoms with Crippen molar-refractivity contribution in [3.63, 3.8) is 0 Å². The van der Waals surface area contributed by atoms with Crippen molar-refractivity contribution >= 4 is 5.78 Å². The van der Waals surface area contributed by atoms with Crippen LogP contribution >= 0.6 is 0 Å². The third-order valence-corrected chi connectivity index (χ3v) is 5.55. The first kappa shape index (κ1) is 20.7. The van der Waals surface area contributed by atoms with Crippen LogP contribution in [0.25, 0.3) is 0 Å². The molecule has 0 fully saturated rings. The molecule has 150 valence electrons. The second kappa shape index (κ2) is 9.46. The molecule has 4 nitrogen and oxygen atoms in total. The summed E-state index contributed by atoms with van der Waals surface area (Å²) in [5.74, 6) is -1.52. The van der Waals surface area contributed by atoms with Gasteiger partial charge in [-0.25, -0.2) is 5.26 Å². The first-order valence-corrected chi connectivity index (χ1v) is 10.4. The maximum Gasteiger partial charge on any atom is 0.255 e. The van der Waals surface area contributed by atoms with Gasteiger partial charge in [-0.15, -0.1) is 0 Å². The van der Waals surface area contributed by atoms with Gasteiger partial charge in [0.1, 0.15) is 0 Å². The van der Waals surface area contributed by atoms with Crippen molar-refractivity contribution in [2.24, 2.45) is 0 Å². The van der Waals surface area contributed by atoms with Crippen LogP contribution in [-0.2, 0) is 21.8 Å². The number of rotatable bonds is 10. The maximum atomic E-state index is 13.1. The van der Waals surface area contributed by atoms with E-state index in [-0.39, 0.29) is 5.78 Å². The minimum absolute atomic E-state index is 0.0586. The molecule has 1 atom stereocenters. The highest BCUT2D eigenvalue weighted by molar-refractivity contribution is 6.13. The summed E-state index contributed by atoms with van der Waals surface area (Å²) in [4.78, 5) is 18.1. The van der Waals surface area contributed by atoms with Gasteiger partial charge >= 0.3 is 0 Å². The molecule has 0 bridgehead atoms. The monoisotopic (exact) mass is 382 g/mol. The van der Waals surface area contributed by atoms with E-state index in [1.807, 2.05) is 37.3 Å². The van der Waals surface area contributed by atoms with E-state index in [9.17, 15) is 10.1 Å². The Balaban J connectivity index is 1.89. The zero-order valence-electron chi connectivity index (χ0n) is 16.9. The van der Waals surface area contributed by atoms with Crippen LogP contribution in [0.15, 0.2) is 42.5 Å². The van der Waals surface area contributed by atoms with Crippen LogP contribution in [-0.4, -0.2) is 17.6 Å². The number of unbranched alkanes of at least 4 members (excludes halogenated alkanes) is 5. The Labute approximate surface area is 167 Å². The molecule has 2 aromatic carbocycles. The van der Waals surface area contributed by atoms with Crippen LogP contribution < -0.4 is 0 Å². The van der Waals surface area contributed by atoms with Crippen LogP contribution in [0.1, 0.15) is 85.0 Å². The second-order valence-corrected chi connectivity index (χ2v) is 7.43. The molecule has 1 unspecified atom stereocenters. The van der Waals surface area contributed by atoms with Gasteiger partial charge in [-0.05, 0) is 24.5 Å². The van der Waals surface area contributed by atoms with Gasteiger partial charge in [0.05, 0.1) is 6.61 Å². The molecule has 0 spiro atoms. The first-order chi connectivity index (χ1) is 13.7. The molecular weight excluding hydrogens is 352 g/mol. The van der Waals surface area contributed by atoms with Gasteiger partial charge in [0.25, 0.3) is 5.79 Å². The SMILES string of the molecule is CCCCCCCCOC1(OO)c2ccccc2C(=O)c2cc(CC)ccc21. The molecule has 3 rings (SSSR count). The Hall–Kier alpha value is -2.01. The third-order valence-electron chi connectivity index (χ3n) is 5.55. The van der Waals surface area contributed by atoms with Crippen molar-refractivity contribution in [1.29, 1.82) is 0 Å². The average molecular weight is 383 g/mol. The molecule has 0 aromatic heterocycles. The smallest absolute Gasteiger partial charge is 0.255 e. The lowest BCUT2D eigenvalue weighted by Crippen LogP contribution is -2.40. The molecule has 28 heavy (non-hydrogen) atoms. The number of ether oxygens (including phenoxy) is 1. The average Bonchev–Trinajstić information content (AvgIpc) is 2.75. The van der Waals surface area contributed by atoms with Gasteiger partial charge in [-0.3, -0.25) is 4.79 Å². The molecule has 0 saturated heterocycles. The summed E-state index contributed by atoms with van der Waals surface area (Å²) in [5.41, 5.74) is 3.25. The van der Waals surface area contributed by atoms with E-state index >= 15 is 0 Å². The van der Waals surface area contributed by atoms with E-state index in [0.29, 0.717) is 28.9 Å². The summed E-state index contributed by atoms with van der Waals surface area (Å²) < 4.78 is 6.18. The normalized spacial score (nSPS) is 18.0. The molecule has 0 saturated carbocycles. The number of aryl methyl sites for hydroxylation is 1. The number of benzene rings is 2. The fourth-order valence-corrected chi connectivity index (χ4v) is 3.92. The summed E-state index contributed by atoms with van der Waals surface area (Å²) >= 11 is 0. The van der Waals surface area contributed by atoms with E-state index in [1.165, 1.54) is 25.7 Å². The van der Waals surface area contributed by atoms with Crippen LogP contribution in [0.4, 0.5) is 0 Å². The standard InChI is InChI=1S/C24H30O4/c1-3-5-6-7-8-11-16-27-24(28-26)21-13-10-9-12-19(21)23(25)20-17-18(4-2)14-15-22(20)24/h9-10,12-15,17,26H,3-8,11,16H2,1-2H3. The van der Waals surface area contributed by atoms with Crippen molar-refractivity contribution in [3.8, 4) is 0 Å². The Kier molecular flexibility index (Phi) is 7.00. The molecule has 0 heterocycles. The molecule has 1 N–H and O–H groups in total. The number of hydrogen-bond acceptors (Lipinski definition) is 4. The zero-order chi connectivity index (χ0) is 20.0. The predicted molar refractivity (Wildman–Crippen MR) is 110 cm³/mol. The minimum atomic E-state index is -1.46. The van der Waals surface area contributed by atoms with Crippen molar-refractivity contribution in [2.45, 2.75) is 64.6 Å². The van der Waals surface area contributed by atoms with E-state index in [4.69, 9.17) is 9.62 Å². The minimum Gasteiger partial charge on any atom is -0.340 e. The van der Waals surface area contributed by atoms with Gasteiger partial charge in [0.2, 0.25) is 0 Å². The largest absolute Gasteiger partial charge is 0.340 e. The molecule has 2 aromatic rings. The van der Waals surface area contributed by atoms with E-state index < -0.39 is 5.79 Å². The van der Waals surface area contributed by atoms with Crippen molar-refractivity contribution in [2.75, 3.05) is 6.61 Å². The van der Waals surface area contributed by atoms with Crippen molar-refractivity contribution in [3.05, 3.63) is 70.3 Å². The topological polar surface area (TPSA) is 55.8 Å². The van der Waals surface area contributed by atoms with E-state index in [2.05, 4.69) is 6.92 Å². The van der Waals surface area contributed by atoms with Crippen LogP contribution in [0.5, 0.6) is 0 Å².